The Morgan fingerprint density at radius 1 is 1.02 bits per heavy atom. The molecule has 6 rings (SSSR count). The van der Waals surface area contributed by atoms with E-state index < -0.39 is 11.4 Å². The Morgan fingerprint density at radius 3 is 2.60 bits per heavy atom. The van der Waals surface area contributed by atoms with E-state index in [1.807, 2.05) is 42.5 Å². The highest BCUT2D eigenvalue weighted by Crippen LogP contribution is 2.35. The van der Waals surface area contributed by atoms with Crippen molar-refractivity contribution >= 4 is 38.3 Å². The third-order valence-electron chi connectivity index (χ3n) is 8.22. The SMILES string of the molecule is COCCO[C@H]1CCN(c2ccc(-c3cc(=O)c(C(=O)O)cn3-c3ccc4nc(N5CCC[C@@H]5COC)sc4c3)cc2)C1. The van der Waals surface area contributed by atoms with Gasteiger partial charge in [0.1, 0.15) is 5.56 Å². The molecule has 43 heavy (non-hydrogen) atoms. The fourth-order valence-corrected chi connectivity index (χ4v) is 7.09. The molecule has 10 nitrogen and oxygen atoms in total. The number of methoxy groups -OCH3 is 2. The maximum atomic E-state index is 12.9. The van der Waals surface area contributed by atoms with E-state index in [9.17, 15) is 14.7 Å². The second-order valence-electron chi connectivity index (χ2n) is 11.0. The van der Waals surface area contributed by atoms with Crippen LogP contribution in [0.15, 0.2) is 59.5 Å². The van der Waals surface area contributed by atoms with Crippen molar-refractivity contribution in [2.75, 3.05) is 63.5 Å². The molecule has 0 radical (unpaired) electrons. The van der Waals surface area contributed by atoms with Crippen LogP contribution in [-0.4, -0.2) is 86.4 Å². The van der Waals surface area contributed by atoms with Crippen LogP contribution in [0.2, 0.25) is 0 Å². The van der Waals surface area contributed by atoms with Crippen molar-refractivity contribution in [3.05, 3.63) is 70.5 Å². The lowest BCUT2D eigenvalue weighted by atomic mass is 10.1. The van der Waals surface area contributed by atoms with Gasteiger partial charge in [-0.1, -0.05) is 23.5 Å². The number of carbonyl (C=O) groups is 1. The van der Waals surface area contributed by atoms with Gasteiger partial charge < -0.3 is 33.7 Å². The molecule has 2 atom stereocenters. The topological polar surface area (TPSA) is 106 Å². The van der Waals surface area contributed by atoms with Gasteiger partial charge in [-0.2, -0.15) is 0 Å². The molecule has 226 valence electrons. The van der Waals surface area contributed by atoms with Crippen LogP contribution in [0.25, 0.3) is 27.2 Å². The number of nitrogens with zero attached hydrogens (tertiary/aromatic N) is 4. The summed E-state index contributed by atoms with van der Waals surface area (Å²) < 4.78 is 19.2. The average molecular weight is 605 g/mol. The average Bonchev–Trinajstić information content (AvgIpc) is 3.77. The summed E-state index contributed by atoms with van der Waals surface area (Å²) in [5.74, 6) is -1.25. The normalized spacial score (nSPS) is 18.7. The Bertz CT molecular complexity index is 1650. The molecule has 1 N–H and O–H groups in total. The summed E-state index contributed by atoms with van der Waals surface area (Å²) in [4.78, 5) is 34.3. The number of carboxylic acid groups (broad SMARTS) is 1. The summed E-state index contributed by atoms with van der Waals surface area (Å²) in [6.07, 6.45) is 4.73. The van der Waals surface area contributed by atoms with Gasteiger partial charge in [-0.25, -0.2) is 9.78 Å². The molecule has 2 aromatic heterocycles. The number of fused-ring (bicyclic) bond motifs is 1. The zero-order chi connectivity index (χ0) is 29.9. The number of anilines is 2. The molecule has 0 spiro atoms. The summed E-state index contributed by atoms with van der Waals surface area (Å²) in [6.45, 7) is 4.48. The molecule has 0 saturated carbocycles. The number of thiazole rings is 1. The van der Waals surface area contributed by atoms with E-state index in [0.717, 1.165) is 71.2 Å². The van der Waals surface area contributed by atoms with Crippen LogP contribution in [0.5, 0.6) is 0 Å². The summed E-state index contributed by atoms with van der Waals surface area (Å²) in [6, 6.07) is 15.7. The van der Waals surface area contributed by atoms with E-state index >= 15 is 0 Å². The first-order valence-corrected chi connectivity index (χ1v) is 15.4. The number of aromatic carboxylic acids is 1. The van der Waals surface area contributed by atoms with E-state index in [2.05, 4.69) is 9.80 Å². The van der Waals surface area contributed by atoms with Crippen LogP contribution in [0.3, 0.4) is 0 Å². The summed E-state index contributed by atoms with van der Waals surface area (Å²) >= 11 is 1.62. The molecule has 4 aromatic rings. The molecule has 2 fully saturated rings. The molecule has 2 aliphatic heterocycles. The number of ether oxygens (including phenoxy) is 3. The zero-order valence-corrected chi connectivity index (χ0v) is 25.2. The number of carboxylic acids is 1. The highest BCUT2D eigenvalue weighted by atomic mass is 32.1. The predicted molar refractivity (Wildman–Crippen MR) is 168 cm³/mol. The van der Waals surface area contributed by atoms with Gasteiger partial charge in [-0.05, 0) is 55.2 Å². The second kappa shape index (κ2) is 12.8. The van der Waals surface area contributed by atoms with E-state index in [-0.39, 0.29) is 11.7 Å². The molecule has 0 amide bonds. The lowest BCUT2D eigenvalue weighted by Gasteiger charge is -2.22. The second-order valence-corrected chi connectivity index (χ2v) is 12.0. The smallest absolute Gasteiger partial charge is 0.341 e. The molecule has 2 aromatic carbocycles. The molecule has 2 saturated heterocycles. The summed E-state index contributed by atoms with van der Waals surface area (Å²) in [5, 5.41) is 10.7. The Balaban J connectivity index is 1.31. The minimum atomic E-state index is -1.25. The van der Waals surface area contributed by atoms with Gasteiger partial charge in [0.2, 0.25) is 0 Å². The van der Waals surface area contributed by atoms with Gasteiger partial charge in [0.05, 0.1) is 47.9 Å². The van der Waals surface area contributed by atoms with Crippen LogP contribution in [0.4, 0.5) is 10.8 Å². The Morgan fingerprint density at radius 2 is 1.84 bits per heavy atom. The van der Waals surface area contributed by atoms with Gasteiger partial charge in [0.15, 0.2) is 10.6 Å². The maximum absolute atomic E-state index is 12.9. The van der Waals surface area contributed by atoms with Gasteiger partial charge in [0, 0.05) is 57.5 Å². The van der Waals surface area contributed by atoms with E-state index in [4.69, 9.17) is 19.2 Å². The van der Waals surface area contributed by atoms with Gasteiger partial charge in [-0.3, -0.25) is 4.79 Å². The standard InChI is InChI=1S/C32H36N4O6S/c1-40-14-15-42-25-11-13-34(18-25)22-7-5-21(6-8-22)28-17-29(37)26(31(38)39)19-36(28)23-9-10-27-30(16-23)43-32(33-27)35-12-3-4-24(35)20-41-2/h5-10,16-17,19,24-25H,3-4,11-15,18,20H2,1-2H3,(H,38,39)/t24-,25+/m1/s1. The third-order valence-corrected chi connectivity index (χ3v) is 9.27. The van der Waals surface area contributed by atoms with E-state index in [1.165, 1.54) is 12.3 Å². The molecule has 2 aliphatic rings. The molecular formula is C32H36N4O6S. The Hall–Kier alpha value is -3.77. The van der Waals surface area contributed by atoms with Gasteiger partial charge >= 0.3 is 5.97 Å². The monoisotopic (exact) mass is 604 g/mol. The number of pyridine rings is 1. The van der Waals surface area contributed by atoms with E-state index in [0.29, 0.717) is 31.6 Å². The first kappa shape index (κ1) is 29.3. The number of rotatable bonds is 11. The van der Waals surface area contributed by atoms with Crippen molar-refractivity contribution in [3.63, 3.8) is 0 Å². The minimum absolute atomic E-state index is 0.169. The first-order chi connectivity index (χ1) is 20.9. The van der Waals surface area contributed by atoms with Crippen LogP contribution in [-0.2, 0) is 14.2 Å². The fraction of sp³-hybridized carbons (Fsp3) is 0.406. The molecule has 4 heterocycles. The van der Waals surface area contributed by atoms with Crippen molar-refractivity contribution < 1.29 is 24.1 Å². The predicted octanol–water partition coefficient (Wildman–Crippen LogP) is 4.67. The molecular weight excluding hydrogens is 568 g/mol. The molecule has 0 bridgehead atoms. The summed E-state index contributed by atoms with van der Waals surface area (Å²) in [7, 11) is 3.40. The molecule has 11 heteroatoms. The summed E-state index contributed by atoms with van der Waals surface area (Å²) in [5.41, 5.74) is 3.34. The van der Waals surface area contributed by atoms with Crippen LogP contribution >= 0.6 is 11.3 Å². The van der Waals surface area contributed by atoms with Crippen molar-refractivity contribution in [2.45, 2.75) is 31.4 Å². The van der Waals surface area contributed by atoms with Crippen LogP contribution in [0.1, 0.15) is 29.6 Å². The van der Waals surface area contributed by atoms with Crippen molar-refractivity contribution in [3.8, 4) is 16.9 Å². The number of benzene rings is 2. The van der Waals surface area contributed by atoms with Gasteiger partial charge in [0.25, 0.3) is 0 Å². The Labute approximate surface area is 254 Å². The van der Waals surface area contributed by atoms with Crippen molar-refractivity contribution in [2.24, 2.45) is 0 Å². The lowest BCUT2D eigenvalue weighted by molar-refractivity contribution is 0.0280. The van der Waals surface area contributed by atoms with E-state index in [1.54, 1.807) is 30.1 Å². The lowest BCUT2D eigenvalue weighted by Crippen LogP contribution is -2.32. The number of aromatic nitrogens is 2. The molecule has 0 aliphatic carbocycles. The number of hydrogen-bond acceptors (Lipinski definition) is 9. The minimum Gasteiger partial charge on any atom is -0.477 e. The zero-order valence-electron chi connectivity index (χ0n) is 24.4. The Kier molecular flexibility index (Phi) is 8.75. The van der Waals surface area contributed by atoms with Crippen LogP contribution < -0.4 is 15.2 Å². The highest BCUT2D eigenvalue weighted by molar-refractivity contribution is 7.22. The number of hydrogen-bond donors (Lipinski definition) is 1. The molecule has 0 unspecified atom stereocenters. The van der Waals surface area contributed by atoms with Crippen molar-refractivity contribution in [1.82, 2.24) is 9.55 Å². The largest absolute Gasteiger partial charge is 0.477 e. The third kappa shape index (κ3) is 6.16. The first-order valence-electron chi connectivity index (χ1n) is 14.6. The van der Waals surface area contributed by atoms with Gasteiger partial charge in [-0.15, -0.1) is 0 Å². The van der Waals surface area contributed by atoms with Crippen LogP contribution in [0, 0.1) is 0 Å². The highest BCUT2D eigenvalue weighted by Gasteiger charge is 2.27. The van der Waals surface area contributed by atoms with Crippen molar-refractivity contribution in [1.29, 1.82) is 0 Å². The quantitative estimate of drug-likeness (QED) is 0.245. The fourth-order valence-electron chi connectivity index (χ4n) is 6.00. The maximum Gasteiger partial charge on any atom is 0.341 e.